The summed E-state index contributed by atoms with van der Waals surface area (Å²) in [4.78, 5) is 29.9. The minimum Gasteiger partial charge on any atom is -0.463 e. The Balaban J connectivity index is 1.42. The van der Waals surface area contributed by atoms with Crippen LogP contribution in [0.4, 0.5) is 0 Å². The lowest BCUT2D eigenvalue weighted by Gasteiger charge is -2.39. The van der Waals surface area contributed by atoms with E-state index in [2.05, 4.69) is 57.1 Å². The number of rotatable bonds is 4. The van der Waals surface area contributed by atoms with Crippen molar-refractivity contribution in [1.82, 2.24) is 9.88 Å². The van der Waals surface area contributed by atoms with Gasteiger partial charge >= 0.3 is 5.97 Å². The number of piperidine rings is 1. The van der Waals surface area contributed by atoms with Crippen molar-refractivity contribution in [1.29, 1.82) is 0 Å². The first-order chi connectivity index (χ1) is 14.7. The van der Waals surface area contributed by atoms with Crippen LogP contribution in [-0.2, 0) is 20.7 Å². The molecule has 1 aliphatic heterocycles. The van der Waals surface area contributed by atoms with Crippen molar-refractivity contribution in [2.45, 2.75) is 31.7 Å². The lowest BCUT2D eigenvalue weighted by atomic mass is 9.84. The highest BCUT2D eigenvalue weighted by atomic mass is 16.5. The van der Waals surface area contributed by atoms with Crippen molar-refractivity contribution >= 4 is 22.7 Å². The standard InChI is InChI=1S/C25H26N2O3/c1-30-25(29)24(28)17-12-14-27(15-13-17)21-11-10-19-22-18(21)8-5-9-20(22)26-23(19)16-6-3-2-4-7-16/h2-9,17,21,26H,10-15H2,1H3. The fraction of sp³-hybridized carbons (Fsp3) is 0.360. The number of nitrogens with zero attached hydrogens (tertiary/aromatic N) is 1. The van der Waals surface area contributed by atoms with Crippen LogP contribution in [0.1, 0.15) is 36.4 Å². The van der Waals surface area contributed by atoms with Crippen LogP contribution in [0.25, 0.3) is 22.2 Å². The molecule has 0 saturated carbocycles. The number of hydrogen-bond acceptors (Lipinski definition) is 4. The third-order valence-electron chi connectivity index (χ3n) is 6.78. The molecule has 5 nitrogen and oxygen atoms in total. The summed E-state index contributed by atoms with van der Waals surface area (Å²) in [5.74, 6) is -1.29. The lowest BCUT2D eigenvalue weighted by Crippen LogP contribution is -2.41. The Morgan fingerprint density at radius 2 is 1.77 bits per heavy atom. The zero-order valence-corrected chi connectivity index (χ0v) is 17.2. The molecule has 154 valence electrons. The fourth-order valence-corrected chi connectivity index (χ4v) is 5.28. The normalized spacial score (nSPS) is 19.7. The first kappa shape index (κ1) is 19.1. The van der Waals surface area contributed by atoms with E-state index in [0.29, 0.717) is 6.04 Å². The summed E-state index contributed by atoms with van der Waals surface area (Å²) in [6.45, 7) is 1.67. The zero-order chi connectivity index (χ0) is 20.7. The van der Waals surface area contributed by atoms with Crippen LogP contribution in [-0.4, -0.2) is 41.8 Å². The number of H-pyrrole nitrogens is 1. The summed E-state index contributed by atoms with van der Waals surface area (Å²) in [7, 11) is 1.27. The highest BCUT2D eigenvalue weighted by Gasteiger charge is 2.35. The van der Waals surface area contributed by atoms with Gasteiger partial charge in [0.2, 0.25) is 5.78 Å². The molecule has 0 spiro atoms. The quantitative estimate of drug-likeness (QED) is 0.523. The Morgan fingerprint density at radius 3 is 2.50 bits per heavy atom. The number of methoxy groups -OCH3 is 1. The molecule has 1 unspecified atom stereocenters. The number of carbonyl (C=O) groups is 2. The molecule has 1 saturated heterocycles. The van der Waals surface area contributed by atoms with E-state index in [9.17, 15) is 9.59 Å². The number of esters is 1. The second-order valence-corrected chi connectivity index (χ2v) is 8.33. The molecule has 1 aromatic heterocycles. The van der Waals surface area contributed by atoms with Gasteiger partial charge < -0.3 is 9.72 Å². The average molecular weight is 402 g/mol. The van der Waals surface area contributed by atoms with Crippen LogP contribution in [0.15, 0.2) is 48.5 Å². The number of likely N-dealkylation sites (tertiary alicyclic amines) is 1. The Labute approximate surface area is 176 Å². The number of carbonyl (C=O) groups excluding carboxylic acids is 2. The van der Waals surface area contributed by atoms with Gasteiger partial charge in [-0.05, 0) is 61.5 Å². The number of benzene rings is 2. The van der Waals surface area contributed by atoms with Crippen LogP contribution in [0.5, 0.6) is 0 Å². The van der Waals surface area contributed by atoms with E-state index in [1.54, 1.807) is 0 Å². The number of aromatic amines is 1. The van der Waals surface area contributed by atoms with Crippen molar-refractivity contribution in [3.63, 3.8) is 0 Å². The van der Waals surface area contributed by atoms with Crippen LogP contribution in [0, 0.1) is 5.92 Å². The predicted octanol–water partition coefficient (Wildman–Crippen LogP) is 4.28. The van der Waals surface area contributed by atoms with Gasteiger partial charge in [-0.1, -0.05) is 42.5 Å². The van der Waals surface area contributed by atoms with Crippen molar-refractivity contribution < 1.29 is 14.3 Å². The summed E-state index contributed by atoms with van der Waals surface area (Å²) in [5.41, 5.74) is 6.46. The number of aromatic nitrogens is 1. The van der Waals surface area contributed by atoms with Gasteiger partial charge in [0.15, 0.2) is 0 Å². The Kier molecular flexibility index (Phi) is 4.91. The van der Waals surface area contributed by atoms with Crippen molar-refractivity contribution in [3.8, 4) is 11.3 Å². The van der Waals surface area contributed by atoms with Gasteiger partial charge in [0.1, 0.15) is 0 Å². The molecule has 30 heavy (non-hydrogen) atoms. The first-order valence-electron chi connectivity index (χ1n) is 10.7. The van der Waals surface area contributed by atoms with Gasteiger partial charge in [-0.15, -0.1) is 0 Å². The molecule has 0 radical (unpaired) electrons. The maximum atomic E-state index is 12.2. The number of Topliss-reactive ketones (excluding diaryl/α,β-unsaturated/α-hetero) is 1. The molecular weight excluding hydrogens is 376 g/mol. The second-order valence-electron chi connectivity index (χ2n) is 8.33. The molecule has 1 fully saturated rings. The van der Waals surface area contributed by atoms with Crippen LogP contribution < -0.4 is 0 Å². The minimum absolute atomic E-state index is 0.208. The molecule has 2 aliphatic rings. The number of ketones is 1. The van der Waals surface area contributed by atoms with Gasteiger partial charge in [0.05, 0.1) is 7.11 Å². The van der Waals surface area contributed by atoms with Gasteiger partial charge in [0, 0.05) is 28.6 Å². The molecular formula is C25H26N2O3. The van der Waals surface area contributed by atoms with Crippen LogP contribution in [0.3, 0.4) is 0 Å². The molecule has 2 aromatic carbocycles. The highest BCUT2D eigenvalue weighted by molar-refractivity contribution is 6.34. The zero-order valence-electron chi connectivity index (χ0n) is 17.2. The third kappa shape index (κ3) is 3.14. The Hall–Kier alpha value is -2.92. The number of aryl methyl sites for hydroxylation is 1. The monoisotopic (exact) mass is 402 g/mol. The highest BCUT2D eigenvalue weighted by Crippen LogP contribution is 2.43. The molecule has 0 amide bonds. The SMILES string of the molecule is COC(=O)C(=O)C1CCN(C2CCc3c(-c4ccccc4)[nH]c4cccc2c34)CC1. The van der Waals surface area contributed by atoms with E-state index in [1.807, 2.05) is 6.07 Å². The summed E-state index contributed by atoms with van der Waals surface area (Å²) >= 11 is 0. The van der Waals surface area contributed by atoms with E-state index in [1.165, 1.54) is 40.4 Å². The fourth-order valence-electron chi connectivity index (χ4n) is 5.28. The summed E-state index contributed by atoms with van der Waals surface area (Å²) in [6, 6.07) is 17.5. The average Bonchev–Trinajstić information content (AvgIpc) is 3.19. The summed E-state index contributed by atoms with van der Waals surface area (Å²) in [6.07, 6.45) is 3.54. The first-order valence-corrected chi connectivity index (χ1v) is 10.7. The Bertz CT molecular complexity index is 1090. The van der Waals surface area contributed by atoms with Crippen LogP contribution in [0.2, 0.25) is 0 Å². The van der Waals surface area contributed by atoms with Gasteiger partial charge in [-0.25, -0.2) is 4.79 Å². The molecule has 3 aromatic rings. The third-order valence-corrected chi connectivity index (χ3v) is 6.78. The predicted molar refractivity (Wildman–Crippen MR) is 116 cm³/mol. The lowest BCUT2D eigenvalue weighted by molar-refractivity contribution is -0.154. The second kappa shape index (κ2) is 7.73. The largest absolute Gasteiger partial charge is 0.463 e. The van der Waals surface area contributed by atoms with E-state index >= 15 is 0 Å². The van der Waals surface area contributed by atoms with Gasteiger partial charge in [-0.3, -0.25) is 9.69 Å². The van der Waals surface area contributed by atoms with E-state index in [-0.39, 0.29) is 11.7 Å². The molecule has 5 heteroatoms. The minimum atomic E-state index is -0.707. The van der Waals surface area contributed by atoms with E-state index < -0.39 is 5.97 Å². The van der Waals surface area contributed by atoms with Gasteiger partial charge in [0.25, 0.3) is 0 Å². The topological polar surface area (TPSA) is 62.4 Å². The maximum Gasteiger partial charge on any atom is 0.374 e. The molecule has 1 aliphatic carbocycles. The molecule has 0 bridgehead atoms. The molecule has 1 atom stereocenters. The molecule has 2 heterocycles. The summed E-state index contributed by atoms with van der Waals surface area (Å²) in [5, 5.41) is 1.36. The molecule has 1 N–H and O–H groups in total. The van der Waals surface area contributed by atoms with Crippen LogP contribution >= 0.6 is 0 Å². The van der Waals surface area contributed by atoms with Crippen molar-refractivity contribution in [2.24, 2.45) is 5.92 Å². The number of ether oxygens (including phenoxy) is 1. The van der Waals surface area contributed by atoms with Crippen molar-refractivity contribution in [3.05, 3.63) is 59.7 Å². The van der Waals surface area contributed by atoms with E-state index in [4.69, 9.17) is 0 Å². The van der Waals surface area contributed by atoms with E-state index in [0.717, 1.165) is 38.8 Å². The number of nitrogens with one attached hydrogen (secondary N) is 1. The molecule has 5 rings (SSSR count). The van der Waals surface area contributed by atoms with Crippen molar-refractivity contribution in [2.75, 3.05) is 20.2 Å². The maximum absolute atomic E-state index is 12.2. The van der Waals surface area contributed by atoms with Gasteiger partial charge in [-0.2, -0.15) is 0 Å². The smallest absolute Gasteiger partial charge is 0.374 e. The Morgan fingerprint density at radius 1 is 1.00 bits per heavy atom. The number of hydrogen-bond donors (Lipinski definition) is 1. The summed E-state index contributed by atoms with van der Waals surface area (Å²) < 4.78 is 4.62.